The molecule has 0 bridgehead atoms. The molecule has 4 aromatic heterocycles. The highest BCUT2D eigenvalue weighted by molar-refractivity contribution is 7.17. The van der Waals surface area contributed by atoms with E-state index in [4.69, 9.17) is 0 Å². The van der Waals surface area contributed by atoms with Crippen LogP contribution in [0.25, 0.3) is 20.4 Å². The predicted molar refractivity (Wildman–Crippen MR) is 198 cm³/mol. The number of hydrogen-bond acceptors (Lipinski definition) is 10. The van der Waals surface area contributed by atoms with E-state index < -0.39 is 5.97 Å². The first-order valence-electron chi connectivity index (χ1n) is 16.6. The van der Waals surface area contributed by atoms with Crippen molar-refractivity contribution in [2.45, 2.75) is 58.0 Å². The maximum atomic E-state index is 12.8. The third-order valence-electron chi connectivity index (χ3n) is 8.24. The summed E-state index contributed by atoms with van der Waals surface area (Å²) in [5.74, 6) is -0.183. The number of rotatable bonds is 8. The van der Waals surface area contributed by atoms with Gasteiger partial charge < -0.3 is 20.6 Å². The van der Waals surface area contributed by atoms with Gasteiger partial charge in [0.25, 0.3) is 5.91 Å². The van der Waals surface area contributed by atoms with Gasteiger partial charge in [-0.2, -0.15) is 0 Å². The van der Waals surface area contributed by atoms with Crippen molar-refractivity contribution in [3.05, 3.63) is 106 Å². The molecule has 0 atom stereocenters. The monoisotopic (exact) mass is 693 g/mol. The van der Waals surface area contributed by atoms with Gasteiger partial charge >= 0.3 is 5.97 Å². The number of carbonyl (C=O) groups excluding carboxylic acids is 1. The molecular formula is C37H39N7O3S2. The number of anilines is 2. The normalized spacial score (nSPS) is 13.8. The summed E-state index contributed by atoms with van der Waals surface area (Å²) in [5, 5.41) is 19.3. The molecule has 1 aliphatic heterocycles. The number of hydrogen-bond donors (Lipinski definition) is 3. The van der Waals surface area contributed by atoms with Gasteiger partial charge in [0, 0.05) is 26.2 Å². The number of amides is 1. The van der Waals surface area contributed by atoms with Crippen molar-refractivity contribution < 1.29 is 14.7 Å². The molecule has 1 saturated carbocycles. The molecule has 5 heterocycles. The van der Waals surface area contributed by atoms with E-state index in [0.717, 1.165) is 47.3 Å². The van der Waals surface area contributed by atoms with Crippen LogP contribution in [0.2, 0.25) is 0 Å². The van der Waals surface area contributed by atoms with Crippen molar-refractivity contribution in [2.75, 3.05) is 23.7 Å². The average molecular weight is 694 g/mol. The minimum Gasteiger partial charge on any atom is -0.476 e. The van der Waals surface area contributed by atoms with Crippen molar-refractivity contribution >= 4 is 66.9 Å². The Balaban J connectivity index is 0.000000151. The number of fused-ring (bicyclic) bond motifs is 2. The second-order valence-corrected chi connectivity index (χ2v) is 13.6. The molecule has 1 saturated heterocycles. The van der Waals surface area contributed by atoms with Crippen LogP contribution in [0, 0.1) is 0 Å². The molecule has 2 aromatic carbocycles. The van der Waals surface area contributed by atoms with E-state index in [1.165, 1.54) is 54.8 Å². The lowest BCUT2D eigenvalue weighted by atomic mass is 10.2. The van der Waals surface area contributed by atoms with Gasteiger partial charge in [0.15, 0.2) is 11.4 Å². The molecule has 252 valence electrons. The molecule has 12 heteroatoms. The van der Waals surface area contributed by atoms with E-state index >= 15 is 0 Å². The zero-order chi connectivity index (χ0) is 33.8. The number of nitrogens with one attached hydrogen (secondary N) is 2. The number of aromatic nitrogens is 4. The predicted octanol–water partition coefficient (Wildman–Crippen LogP) is 8.49. The number of thiophene rings is 2. The second-order valence-electron chi connectivity index (χ2n) is 11.8. The van der Waals surface area contributed by atoms with Crippen molar-refractivity contribution in [3.63, 3.8) is 0 Å². The lowest BCUT2D eigenvalue weighted by molar-refractivity contribution is 0.0692. The van der Waals surface area contributed by atoms with Crippen LogP contribution in [0.4, 0.5) is 11.9 Å². The Morgan fingerprint density at radius 2 is 1.06 bits per heavy atom. The van der Waals surface area contributed by atoms with Crippen LogP contribution in [0.1, 0.15) is 77.0 Å². The van der Waals surface area contributed by atoms with Crippen molar-refractivity contribution in [1.29, 1.82) is 0 Å². The largest absolute Gasteiger partial charge is 0.476 e. The molecule has 8 rings (SSSR count). The van der Waals surface area contributed by atoms with E-state index in [9.17, 15) is 14.7 Å². The maximum Gasteiger partial charge on any atom is 0.356 e. The zero-order valence-electron chi connectivity index (χ0n) is 27.2. The first-order valence-corrected chi connectivity index (χ1v) is 18.4. The Bertz CT molecular complexity index is 1960. The summed E-state index contributed by atoms with van der Waals surface area (Å²) in [7, 11) is 0. The molecule has 1 aliphatic carbocycles. The summed E-state index contributed by atoms with van der Waals surface area (Å²) in [6.07, 6.45) is 9.65. The third-order valence-corrected chi connectivity index (χ3v) is 10.1. The molecule has 3 N–H and O–H groups in total. The van der Waals surface area contributed by atoms with Crippen molar-refractivity contribution in [3.8, 4) is 0 Å². The number of aromatic carboxylic acids is 1. The fraction of sp³-hybridized carbons (Fsp3) is 0.297. The van der Waals surface area contributed by atoms with Gasteiger partial charge in [-0.25, -0.2) is 24.7 Å². The molecule has 0 unspecified atom stereocenters. The van der Waals surface area contributed by atoms with Gasteiger partial charge in [0.05, 0.1) is 20.4 Å². The molecular weight excluding hydrogens is 655 g/mol. The summed E-state index contributed by atoms with van der Waals surface area (Å²) in [6, 6.07) is 23.6. The molecule has 0 radical (unpaired) electrons. The number of carboxylic acids is 1. The van der Waals surface area contributed by atoms with E-state index in [2.05, 4.69) is 30.6 Å². The smallest absolute Gasteiger partial charge is 0.356 e. The zero-order valence-corrected chi connectivity index (χ0v) is 28.8. The molecule has 6 aromatic rings. The quantitative estimate of drug-likeness (QED) is 0.144. The van der Waals surface area contributed by atoms with Gasteiger partial charge in [-0.3, -0.25) is 4.79 Å². The van der Waals surface area contributed by atoms with Gasteiger partial charge in [-0.05, 0) is 46.9 Å². The van der Waals surface area contributed by atoms with Gasteiger partial charge in [0.2, 0.25) is 11.9 Å². The van der Waals surface area contributed by atoms with Crippen LogP contribution in [0.3, 0.4) is 0 Å². The summed E-state index contributed by atoms with van der Waals surface area (Å²) < 4.78 is 1.47. The molecule has 1 amide bonds. The number of carboxylic acid groups (broad SMARTS) is 1. The number of nitrogens with zero attached hydrogens (tertiary/aromatic N) is 5. The summed E-state index contributed by atoms with van der Waals surface area (Å²) in [5.41, 5.74) is 4.27. The van der Waals surface area contributed by atoms with Crippen LogP contribution in [-0.2, 0) is 13.1 Å². The SMILES string of the molecule is C1CCCC1.O=C(O)c1nc(NCc2ccccc2)nc2ccsc12.O=C(c1nc(NCc2ccccc2)nc2ccsc12)N1CCCC1. The number of carbonyl (C=O) groups is 2. The maximum absolute atomic E-state index is 12.8. The highest BCUT2D eigenvalue weighted by atomic mass is 32.1. The fourth-order valence-corrected chi connectivity index (χ4v) is 7.31. The van der Waals surface area contributed by atoms with Crippen LogP contribution < -0.4 is 10.6 Å². The van der Waals surface area contributed by atoms with E-state index in [0.29, 0.717) is 40.9 Å². The van der Waals surface area contributed by atoms with Crippen LogP contribution in [0.5, 0.6) is 0 Å². The first-order chi connectivity index (χ1) is 24.0. The number of likely N-dealkylation sites (tertiary alicyclic amines) is 1. The Hall–Kier alpha value is -4.94. The van der Waals surface area contributed by atoms with Crippen molar-refractivity contribution in [1.82, 2.24) is 24.8 Å². The molecule has 2 aliphatic rings. The molecule has 0 spiro atoms. The minimum absolute atomic E-state index is 0.0186. The molecule has 49 heavy (non-hydrogen) atoms. The van der Waals surface area contributed by atoms with Crippen LogP contribution >= 0.6 is 22.7 Å². The lowest BCUT2D eigenvalue weighted by Crippen LogP contribution is -2.28. The first kappa shape index (κ1) is 33.9. The summed E-state index contributed by atoms with van der Waals surface area (Å²) in [4.78, 5) is 43.4. The van der Waals surface area contributed by atoms with E-state index in [-0.39, 0.29) is 11.6 Å². The summed E-state index contributed by atoms with van der Waals surface area (Å²) >= 11 is 2.86. The molecule has 10 nitrogen and oxygen atoms in total. The van der Waals surface area contributed by atoms with Crippen LogP contribution in [-0.4, -0.2) is 54.9 Å². The third kappa shape index (κ3) is 9.15. The highest BCUT2D eigenvalue weighted by Gasteiger charge is 2.24. The summed E-state index contributed by atoms with van der Waals surface area (Å²) in [6.45, 7) is 2.83. The Morgan fingerprint density at radius 3 is 1.53 bits per heavy atom. The van der Waals surface area contributed by atoms with Crippen LogP contribution in [0.15, 0.2) is 83.6 Å². The van der Waals surface area contributed by atoms with Gasteiger partial charge in [-0.1, -0.05) is 92.8 Å². The van der Waals surface area contributed by atoms with Gasteiger partial charge in [0.1, 0.15) is 0 Å². The number of benzene rings is 2. The highest BCUT2D eigenvalue weighted by Crippen LogP contribution is 2.26. The second kappa shape index (κ2) is 16.9. The molecule has 2 fully saturated rings. The topological polar surface area (TPSA) is 133 Å². The van der Waals surface area contributed by atoms with Gasteiger partial charge in [-0.15, -0.1) is 22.7 Å². The fourth-order valence-electron chi connectivity index (χ4n) is 5.68. The standard InChI is InChI=1S/C18H18N4OS.C14H11N3O2S.C5H10/c23-17(22-9-4-5-10-22)15-16-14(8-11-24-16)20-18(21-15)19-12-13-6-2-1-3-7-13;18-13(19)11-12-10(6-7-20-12)16-14(17-11)15-8-9-4-2-1-3-5-9;1-2-4-5-3-1/h1-3,6-8,11H,4-5,9-10,12H2,(H,19,20,21);1-7H,8H2,(H,18,19)(H,15,16,17);1-5H2. The van der Waals surface area contributed by atoms with E-state index in [1.807, 2.05) is 82.4 Å². The van der Waals surface area contributed by atoms with Crippen molar-refractivity contribution in [2.24, 2.45) is 0 Å². The van der Waals surface area contributed by atoms with E-state index in [1.54, 1.807) is 6.07 Å². The Morgan fingerprint density at radius 1 is 0.612 bits per heavy atom. The Kier molecular flexibility index (Phi) is 11.7. The average Bonchev–Trinajstić information content (AvgIpc) is 3.98. The lowest BCUT2D eigenvalue weighted by Gasteiger charge is -2.15. The minimum atomic E-state index is -1.04. The Labute approximate surface area is 293 Å².